The second kappa shape index (κ2) is 8.57. The van der Waals surface area contributed by atoms with E-state index in [1.165, 1.54) is 12.8 Å². The van der Waals surface area contributed by atoms with Crippen LogP contribution in [0.4, 0.5) is 0 Å². The normalized spacial score (nSPS) is 9.83. The van der Waals surface area contributed by atoms with Gasteiger partial charge in [-0.3, -0.25) is 4.79 Å². The van der Waals surface area contributed by atoms with Gasteiger partial charge in [-0.25, -0.2) is 0 Å². The molecule has 0 aliphatic heterocycles. The van der Waals surface area contributed by atoms with Crippen molar-refractivity contribution >= 4 is 6.41 Å². The molecule has 0 fully saturated rings. The van der Waals surface area contributed by atoms with E-state index in [-0.39, 0.29) is 0 Å². The Morgan fingerprint density at radius 3 is 2.08 bits per heavy atom. The van der Waals surface area contributed by atoms with Crippen LogP contribution in [0, 0.1) is 0 Å². The van der Waals surface area contributed by atoms with E-state index < -0.39 is 0 Å². The number of unbranched alkanes of at least 4 members (excludes halogenated alkanes) is 3. The monoisotopic (exact) mass is 171 g/mol. The lowest BCUT2D eigenvalue weighted by atomic mass is 10.2. The summed E-state index contributed by atoms with van der Waals surface area (Å²) in [6.07, 6.45) is 6.88. The van der Waals surface area contributed by atoms with Gasteiger partial charge in [-0.15, -0.1) is 0 Å². The van der Waals surface area contributed by atoms with Gasteiger partial charge >= 0.3 is 0 Å². The van der Waals surface area contributed by atoms with Crippen LogP contribution in [0.2, 0.25) is 0 Å². The highest BCUT2D eigenvalue weighted by Gasteiger charge is 1.98. The van der Waals surface area contributed by atoms with Gasteiger partial charge in [0.15, 0.2) is 0 Å². The number of hydrogen-bond donors (Lipinski definition) is 0. The minimum absolute atomic E-state index is 0.934. The molecule has 0 aliphatic carbocycles. The predicted octanol–water partition coefficient (Wildman–Crippen LogP) is 2.44. The SMILES string of the molecule is CCCCCN(C=O)CCCC. The quantitative estimate of drug-likeness (QED) is 0.406. The molecule has 72 valence electrons. The highest BCUT2D eigenvalue weighted by molar-refractivity contribution is 5.46. The Bertz CT molecular complexity index is 104. The summed E-state index contributed by atoms with van der Waals surface area (Å²) in [4.78, 5) is 12.4. The summed E-state index contributed by atoms with van der Waals surface area (Å²) in [6.45, 7) is 6.20. The second-order valence-electron chi connectivity index (χ2n) is 3.20. The van der Waals surface area contributed by atoms with Crippen molar-refractivity contribution in [2.45, 2.75) is 46.0 Å². The van der Waals surface area contributed by atoms with E-state index in [4.69, 9.17) is 0 Å². The Morgan fingerprint density at radius 1 is 1.00 bits per heavy atom. The van der Waals surface area contributed by atoms with E-state index in [0.717, 1.165) is 38.8 Å². The first-order chi connectivity index (χ1) is 5.85. The van der Waals surface area contributed by atoms with Gasteiger partial charge in [0.2, 0.25) is 6.41 Å². The van der Waals surface area contributed by atoms with Crippen molar-refractivity contribution in [3.05, 3.63) is 0 Å². The fourth-order valence-electron chi connectivity index (χ4n) is 1.14. The van der Waals surface area contributed by atoms with Gasteiger partial charge in [0.1, 0.15) is 0 Å². The Balaban J connectivity index is 3.32. The molecule has 0 aromatic heterocycles. The van der Waals surface area contributed by atoms with Crippen molar-refractivity contribution in [3.8, 4) is 0 Å². The maximum atomic E-state index is 10.5. The summed E-state index contributed by atoms with van der Waals surface area (Å²) in [5, 5.41) is 0. The lowest BCUT2D eigenvalue weighted by Crippen LogP contribution is -2.24. The molecule has 0 atom stereocenters. The molecule has 12 heavy (non-hydrogen) atoms. The number of rotatable bonds is 8. The molecule has 0 aromatic carbocycles. The molecule has 2 nitrogen and oxygen atoms in total. The van der Waals surface area contributed by atoms with Crippen LogP contribution in [0.25, 0.3) is 0 Å². The van der Waals surface area contributed by atoms with E-state index in [9.17, 15) is 4.79 Å². The third-order valence-electron chi connectivity index (χ3n) is 2.00. The third kappa shape index (κ3) is 6.20. The molecule has 0 N–H and O–H groups in total. The molecule has 0 bridgehead atoms. The maximum Gasteiger partial charge on any atom is 0.209 e. The van der Waals surface area contributed by atoms with Crippen molar-refractivity contribution in [3.63, 3.8) is 0 Å². The maximum absolute atomic E-state index is 10.5. The van der Waals surface area contributed by atoms with E-state index in [1.54, 1.807) is 0 Å². The fraction of sp³-hybridized carbons (Fsp3) is 0.900. The van der Waals surface area contributed by atoms with Crippen molar-refractivity contribution in [1.82, 2.24) is 4.90 Å². The molecule has 0 heterocycles. The van der Waals surface area contributed by atoms with E-state index in [0.29, 0.717) is 0 Å². The van der Waals surface area contributed by atoms with Gasteiger partial charge in [0.05, 0.1) is 0 Å². The van der Waals surface area contributed by atoms with Gasteiger partial charge in [-0.05, 0) is 12.8 Å². The smallest absolute Gasteiger partial charge is 0.209 e. The Kier molecular flexibility index (Phi) is 8.19. The third-order valence-corrected chi connectivity index (χ3v) is 2.00. The van der Waals surface area contributed by atoms with Gasteiger partial charge in [0.25, 0.3) is 0 Å². The number of carbonyl (C=O) groups is 1. The van der Waals surface area contributed by atoms with Gasteiger partial charge in [-0.2, -0.15) is 0 Å². The van der Waals surface area contributed by atoms with Gasteiger partial charge in [-0.1, -0.05) is 33.1 Å². The number of hydrogen-bond acceptors (Lipinski definition) is 1. The molecule has 0 rings (SSSR count). The molecule has 0 aliphatic rings. The number of amides is 1. The minimum Gasteiger partial charge on any atom is -0.345 e. The highest BCUT2D eigenvalue weighted by atomic mass is 16.1. The average molecular weight is 171 g/mol. The molecule has 0 saturated carbocycles. The first-order valence-corrected chi connectivity index (χ1v) is 5.04. The molecular formula is C10H21NO. The Hall–Kier alpha value is -0.530. The lowest BCUT2D eigenvalue weighted by Gasteiger charge is -2.16. The van der Waals surface area contributed by atoms with Crippen molar-refractivity contribution < 1.29 is 4.79 Å². The summed E-state index contributed by atoms with van der Waals surface area (Å²) < 4.78 is 0. The molecule has 0 aromatic rings. The second-order valence-corrected chi connectivity index (χ2v) is 3.20. The van der Waals surface area contributed by atoms with Crippen molar-refractivity contribution in [2.75, 3.05) is 13.1 Å². The average Bonchev–Trinajstić information content (AvgIpc) is 2.11. The predicted molar refractivity (Wildman–Crippen MR) is 52.1 cm³/mol. The van der Waals surface area contributed by atoms with Crippen LogP contribution < -0.4 is 0 Å². The molecule has 2 heteroatoms. The largest absolute Gasteiger partial charge is 0.345 e. The van der Waals surface area contributed by atoms with Crippen molar-refractivity contribution in [1.29, 1.82) is 0 Å². The summed E-state index contributed by atoms with van der Waals surface area (Å²) in [5.74, 6) is 0. The molecule has 0 unspecified atom stereocenters. The topological polar surface area (TPSA) is 20.3 Å². The standard InChI is InChI=1S/C10H21NO/c1-3-5-7-9-11(10-12)8-6-4-2/h10H,3-9H2,1-2H3. The van der Waals surface area contributed by atoms with Crippen LogP contribution >= 0.6 is 0 Å². The number of nitrogens with zero attached hydrogens (tertiary/aromatic N) is 1. The first-order valence-electron chi connectivity index (χ1n) is 5.04. The fourth-order valence-corrected chi connectivity index (χ4v) is 1.14. The highest BCUT2D eigenvalue weighted by Crippen LogP contribution is 1.98. The van der Waals surface area contributed by atoms with Crippen LogP contribution in [0.3, 0.4) is 0 Å². The molecule has 0 saturated heterocycles. The van der Waals surface area contributed by atoms with Gasteiger partial charge < -0.3 is 4.90 Å². The summed E-state index contributed by atoms with van der Waals surface area (Å²) in [7, 11) is 0. The van der Waals surface area contributed by atoms with Crippen LogP contribution in [0.1, 0.15) is 46.0 Å². The summed E-state index contributed by atoms with van der Waals surface area (Å²) >= 11 is 0. The minimum atomic E-state index is 0.934. The van der Waals surface area contributed by atoms with Crippen molar-refractivity contribution in [2.24, 2.45) is 0 Å². The molecule has 0 radical (unpaired) electrons. The summed E-state index contributed by atoms with van der Waals surface area (Å²) in [5.41, 5.74) is 0. The van der Waals surface area contributed by atoms with Crippen LogP contribution in [-0.2, 0) is 4.79 Å². The zero-order valence-electron chi connectivity index (χ0n) is 8.38. The zero-order valence-corrected chi connectivity index (χ0v) is 8.38. The Morgan fingerprint density at radius 2 is 1.58 bits per heavy atom. The zero-order chi connectivity index (χ0) is 9.23. The van der Waals surface area contributed by atoms with Crippen LogP contribution in [0.15, 0.2) is 0 Å². The van der Waals surface area contributed by atoms with E-state index in [1.807, 2.05) is 4.90 Å². The molecule has 1 amide bonds. The van der Waals surface area contributed by atoms with Gasteiger partial charge in [0, 0.05) is 13.1 Å². The summed E-state index contributed by atoms with van der Waals surface area (Å²) in [6, 6.07) is 0. The first kappa shape index (κ1) is 11.5. The molecule has 0 spiro atoms. The lowest BCUT2D eigenvalue weighted by molar-refractivity contribution is -0.118. The van der Waals surface area contributed by atoms with Crippen LogP contribution in [0.5, 0.6) is 0 Å². The van der Waals surface area contributed by atoms with E-state index in [2.05, 4.69) is 13.8 Å². The van der Waals surface area contributed by atoms with E-state index >= 15 is 0 Å². The number of carbonyl (C=O) groups excluding carboxylic acids is 1. The molecular weight excluding hydrogens is 150 g/mol. The Labute approximate surface area is 75.9 Å². The van der Waals surface area contributed by atoms with Crippen LogP contribution in [-0.4, -0.2) is 24.4 Å².